The number of halogens is 8. The fraction of sp³-hybridized carbons (Fsp3) is 0.455. The third-order valence-electron chi connectivity index (χ3n) is 18.1. The summed E-state index contributed by atoms with van der Waals surface area (Å²) in [5, 5.41) is 0. The molecule has 0 spiro atoms. The zero-order chi connectivity index (χ0) is 79.7. The van der Waals surface area contributed by atoms with Gasteiger partial charge in [-0.05, 0) is 422 Å². The molecule has 2 aliphatic carbocycles. The van der Waals surface area contributed by atoms with Crippen LogP contribution in [0.3, 0.4) is 0 Å². The lowest BCUT2D eigenvalue weighted by atomic mass is 9.91. The van der Waals surface area contributed by atoms with Crippen LogP contribution in [0.5, 0.6) is 46.0 Å². The highest BCUT2D eigenvalue weighted by atomic mass is 127. The van der Waals surface area contributed by atoms with Crippen LogP contribution in [-0.2, 0) is 89.3 Å². The van der Waals surface area contributed by atoms with Gasteiger partial charge in [0.25, 0.3) is 0 Å². The predicted octanol–water partition coefficient (Wildman–Crippen LogP) is 20.9. The highest BCUT2D eigenvalue weighted by molar-refractivity contribution is 14.1. The molecular formula is C88H104I8O16. The van der Waals surface area contributed by atoms with Crippen LogP contribution in [0.25, 0.3) is 0 Å². The van der Waals surface area contributed by atoms with Gasteiger partial charge in [-0.3, -0.25) is 0 Å². The topological polar surface area (TPSA) is 148 Å². The zero-order valence-electron chi connectivity index (χ0n) is 65.4. The van der Waals surface area contributed by atoms with Crippen LogP contribution >= 0.6 is 181 Å². The molecule has 0 saturated heterocycles. The third kappa shape index (κ3) is 29.0. The van der Waals surface area contributed by atoms with E-state index in [4.69, 9.17) is 75.8 Å². The lowest BCUT2D eigenvalue weighted by Crippen LogP contribution is -2.14. The Balaban J connectivity index is 0.000000257. The molecule has 0 aromatic heterocycles. The monoisotopic (exact) mass is 2430 g/mol. The van der Waals surface area contributed by atoms with Crippen molar-refractivity contribution in [1.82, 2.24) is 0 Å². The first kappa shape index (κ1) is 93.5. The highest BCUT2D eigenvalue weighted by Crippen LogP contribution is 2.45. The minimum absolute atomic E-state index is 0.443. The van der Waals surface area contributed by atoms with Crippen LogP contribution in [0.15, 0.2) is 97.1 Å². The molecule has 0 aliphatic heterocycles. The van der Waals surface area contributed by atoms with Gasteiger partial charge in [-0.1, -0.05) is 0 Å². The molecule has 8 aromatic carbocycles. The lowest BCUT2D eigenvalue weighted by Gasteiger charge is -2.24. The number of hydrogen-bond donors (Lipinski definition) is 0. The Bertz CT molecular complexity index is 3310. The van der Waals surface area contributed by atoms with E-state index >= 15 is 0 Å². The normalized spacial score (nSPS) is 12.4. The van der Waals surface area contributed by atoms with E-state index in [-0.39, 0.29) is 0 Å². The number of benzene rings is 8. The van der Waals surface area contributed by atoms with Gasteiger partial charge in [-0.2, -0.15) is 0 Å². The summed E-state index contributed by atoms with van der Waals surface area (Å²) in [5.41, 5.74) is 17.5. The molecule has 16 bridgehead atoms. The van der Waals surface area contributed by atoms with Crippen molar-refractivity contribution in [2.24, 2.45) is 0 Å². The number of fused-ring (bicyclic) bond motifs is 16. The van der Waals surface area contributed by atoms with E-state index < -0.39 is 0 Å². The van der Waals surface area contributed by atoms with E-state index in [1.54, 1.807) is 0 Å². The predicted molar refractivity (Wildman–Crippen MR) is 512 cm³/mol. The van der Waals surface area contributed by atoms with Gasteiger partial charge in [-0.15, -0.1) is 0 Å². The second-order valence-electron chi connectivity index (χ2n) is 26.2. The lowest BCUT2D eigenvalue weighted by molar-refractivity contribution is 0.108. The van der Waals surface area contributed by atoms with Gasteiger partial charge >= 0.3 is 0 Å². The van der Waals surface area contributed by atoms with E-state index in [1.165, 1.54) is 0 Å². The molecule has 16 nitrogen and oxygen atoms in total. The first-order valence-electron chi connectivity index (χ1n) is 38.6. The Morgan fingerprint density at radius 2 is 0.250 bits per heavy atom. The summed E-state index contributed by atoms with van der Waals surface area (Å²) in [6, 6.07) is 35.8. The van der Waals surface area contributed by atoms with Crippen molar-refractivity contribution in [2.75, 3.05) is 159 Å². The van der Waals surface area contributed by atoms with Crippen LogP contribution in [0.4, 0.5) is 0 Å². The molecule has 24 heteroatoms. The summed E-state index contributed by atoms with van der Waals surface area (Å²) in [5.74, 6) is 7.02. The molecule has 10 rings (SSSR count). The fourth-order valence-corrected chi connectivity index (χ4v) is 19.7. The van der Waals surface area contributed by atoms with Crippen molar-refractivity contribution < 1.29 is 75.8 Å². The quantitative estimate of drug-likeness (QED) is 0.0265. The summed E-state index contributed by atoms with van der Waals surface area (Å²) in [6.45, 7) is 28.7. The number of hydrogen-bond acceptors (Lipinski definition) is 16. The second-order valence-corrected chi connectivity index (χ2v) is 36.2. The smallest absolute Gasteiger partial charge is 0.126 e. The Kier molecular flexibility index (Phi) is 42.3. The van der Waals surface area contributed by atoms with Crippen LogP contribution in [0.2, 0.25) is 0 Å². The van der Waals surface area contributed by atoms with Gasteiger partial charge in [0.05, 0.1) is 52.9 Å². The summed E-state index contributed by atoms with van der Waals surface area (Å²) >= 11 is 19.5. The largest absolute Gasteiger partial charge is 0.491 e. The van der Waals surface area contributed by atoms with Gasteiger partial charge in [0.1, 0.15) is 98.9 Å². The van der Waals surface area contributed by atoms with Crippen molar-refractivity contribution in [3.8, 4) is 46.0 Å². The molecule has 0 unspecified atom stereocenters. The highest BCUT2D eigenvalue weighted by Gasteiger charge is 2.28. The van der Waals surface area contributed by atoms with Gasteiger partial charge < -0.3 is 75.8 Å². The van der Waals surface area contributed by atoms with Crippen LogP contribution in [0.1, 0.15) is 144 Å². The average molecular weight is 2430 g/mol. The first-order valence-corrected chi connectivity index (χ1v) is 47.3. The van der Waals surface area contributed by atoms with E-state index in [0.29, 0.717) is 210 Å². The maximum Gasteiger partial charge on any atom is 0.126 e. The Morgan fingerprint density at radius 1 is 0.161 bits per heavy atom. The van der Waals surface area contributed by atoms with Crippen molar-refractivity contribution in [2.45, 2.75) is 107 Å². The molecule has 608 valence electrons. The van der Waals surface area contributed by atoms with E-state index in [2.05, 4.69) is 278 Å². The molecule has 8 aromatic rings. The summed E-state index contributed by atoms with van der Waals surface area (Å²) in [6.07, 6.45) is 4.94. The van der Waals surface area contributed by atoms with E-state index in [0.717, 1.165) is 164 Å². The standard InChI is InChI=1S/2C44H52I4O8/c2*1-5-49-9-13-53-41-29-17-31-23-38(46)25-33(42(31)54-14-10-50-6-2)19-35-27-40(48)28-36(44(35)56-16-12-52-8-4)20-34-26-39(47)24-32(18-30(41)22-37(45)21-29)43(34)55-15-11-51-7-3/h2*21-28H,5-20H2,1-4H3. The van der Waals surface area contributed by atoms with Gasteiger partial charge in [0, 0.05) is 133 Å². The molecule has 0 heterocycles. The molecule has 112 heavy (non-hydrogen) atoms. The van der Waals surface area contributed by atoms with Crippen molar-refractivity contribution >= 4 is 181 Å². The van der Waals surface area contributed by atoms with Crippen molar-refractivity contribution in [1.29, 1.82) is 0 Å². The van der Waals surface area contributed by atoms with E-state index in [9.17, 15) is 0 Å². The maximum atomic E-state index is 6.72. The second kappa shape index (κ2) is 50.7. The van der Waals surface area contributed by atoms with E-state index in [1.807, 2.05) is 55.4 Å². The molecule has 0 atom stereocenters. The van der Waals surface area contributed by atoms with Crippen LogP contribution in [0, 0.1) is 28.6 Å². The molecular weight excluding hydrogens is 2330 g/mol. The Hall–Kier alpha value is -2.32. The van der Waals surface area contributed by atoms with Crippen LogP contribution in [-0.4, -0.2) is 159 Å². The summed E-state index contributed by atoms with van der Waals surface area (Å²) in [4.78, 5) is 0. The molecule has 0 amide bonds. The number of ether oxygens (including phenoxy) is 16. The molecule has 2 aliphatic rings. The Morgan fingerprint density at radius 3 is 0.330 bits per heavy atom. The molecule has 0 radical (unpaired) electrons. The summed E-state index contributed by atoms with van der Waals surface area (Å²) in [7, 11) is 0. The van der Waals surface area contributed by atoms with Crippen LogP contribution < -0.4 is 37.9 Å². The minimum atomic E-state index is 0.443. The molecule has 0 N–H and O–H groups in total. The zero-order valence-corrected chi connectivity index (χ0v) is 82.7. The minimum Gasteiger partial charge on any atom is -0.491 e. The van der Waals surface area contributed by atoms with Crippen molar-refractivity contribution in [3.63, 3.8) is 0 Å². The Labute approximate surface area is 772 Å². The SMILES string of the molecule is CCOCCOc1c2cc(I)cc1Cc1cc(I)cc(c1OCCOCC)Cc1cc(I)cc(c1OCCOCC)Cc1cc(I)cc(c1OCCOCC)C2.CCOCCOc1c2cc(I)cc1Cc1cc(I)cc(c1OCCOCC)Cc1cc(I)cc(c1OCCOCC)Cc1cc(I)cc(c1OCCOCC)C2. The summed E-state index contributed by atoms with van der Waals surface area (Å²) < 4.78 is 109. The number of rotatable bonds is 40. The maximum absolute atomic E-state index is 6.72. The average Bonchev–Trinajstić information content (AvgIpc) is 0.779. The third-order valence-corrected chi connectivity index (χ3v) is 23.1. The van der Waals surface area contributed by atoms with Gasteiger partial charge in [0.2, 0.25) is 0 Å². The van der Waals surface area contributed by atoms with Gasteiger partial charge in [-0.25, -0.2) is 0 Å². The van der Waals surface area contributed by atoms with Gasteiger partial charge in [0.15, 0.2) is 0 Å². The molecule has 0 saturated carbocycles. The van der Waals surface area contributed by atoms with Crippen molar-refractivity contribution in [3.05, 3.63) is 215 Å². The molecule has 0 fully saturated rings. The fourth-order valence-electron chi connectivity index (χ4n) is 13.7. The first-order chi connectivity index (χ1) is 54.5.